The van der Waals surface area contributed by atoms with Gasteiger partial charge in [0.05, 0.1) is 6.04 Å². The van der Waals surface area contributed by atoms with Crippen LogP contribution in [0.15, 0.2) is 42.7 Å². The zero-order valence-corrected chi connectivity index (χ0v) is 15.4. The van der Waals surface area contributed by atoms with Gasteiger partial charge in [0.1, 0.15) is 17.2 Å². The van der Waals surface area contributed by atoms with Gasteiger partial charge in [-0.25, -0.2) is 9.97 Å². The number of carbonyl (C=O) groups is 1. The van der Waals surface area contributed by atoms with Crippen molar-refractivity contribution in [1.29, 1.82) is 0 Å². The van der Waals surface area contributed by atoms with E-state index in [1.807, 2.05) is 71.9 Å². The van der Waals surface area contributed by atoms with Gasteiger partial charge in [-0.05, 0) is 49.6 Å². The number of fused-ring (bicyclic) bond motifs is 1. The largest absolute Gasteiger partial charge is 0.363 e. The quantitative estimate of drug-likeness (QED) is 0.729. The number of rotatable bonds is 3. The highest BCUT2D eigenvalue weighted by atomic mass is 16.2. The highest BCUT2D eigenvalue weighted by molar-refractivity contribution is 5.93. The summed E-state index contributed by atoms with van der Waals surface area (Å²) in [6.07, 6.45) is 5.64. The van der Waals surface area contributed by atoms with Crippen LogP contribution in [0.5, 0.6) is 0 Å². The van der Waals surface area contributed by atoms with Gasteiger partial charge in [-0.15, -0.1) is 0 Å². The number of anilines is 1. The van der Waals surface area contributed by atoms with E-state index >= 15 is 0 Å². The second-order valence-electron chi connectivity index (χ2n) is 7.02. The smallest absolute Gasteiger partial charge is 0.274 e. The Morgan fingerprint density at radius 1 is 1.27 bits per heavy atom. The van der Waals surface area contributed by atoms with Crippen LogP contribution in [0.25, 0.3) is 5.65 Å². The molecule has 0 spiro atoms. The van der Waals surface area contributed by atoms with Crippen molar-refractivity contribution in [3.8, 4) is 0 Å². The van der Waals surface area contributed by atoms with Gasteiger partial charge in [0, 0.05) is 38.7 Å². The highest BCUT2D eigenvalue weighted by Gasteiger charge is 2.32. The number of aromatic nitrogens is 3. The molecular formula is C20H23N5O. The second-order valence-corrected chi connectivity index (χ2v) is 7.02. The maximum absolute atomic E-state index is 13.2. The van der Waals surface area contributed by atoms with Crippen LogP contribution < -0.4 is 4.90 Å². The molecule has 0 radical (unpaired) electrons. The molecular weight excluding hydrogens is 326 g/mol. The molecule has 1 amide bonds. The average Bonchev–Trinajstić information content (AvgIpc) is 3.29. The van der Waals surface area contributed by atoms with Crippen LogP contribution >= 0.6 is 0 Å². The molecule has 1 fully saturated rings. The van der Waals surface area contributed by atoms with Gasteiger partial charge >= 0.3 is 0 Å². The average molecular weight is 349 g/mol. The second kappa shape index (κ2) is 6.44. The fourth-order valence-electron chi connectivity index (χ4n) is 3.64. The Morgan fingerprint density at radius 2 is 2.12 bits per heavy atom. The molecule has 0 aliphatic carbocycles. The third kappa shape index (κ3) is 2.81. The number of nitrogens with zero attached hydrogens (tertiary/aromatic N) is 5. The van der Waals surface area contributed by atoms with Crippen molar-refractivity contribution in [2.45, 2.75) is 25.8 Å². The van der Waals surface area contributed by atoms with Gasteiger partial charge in [-0.2, -0.15) is 0 Å². The predicted molar refractivity (Wildman–Crippen MR) is 102 cm³/mol. The number of hydrogen-bond donors (Lipinski definition) is 0. The summed E-state index contributed by atoms with van der Waals surface area (Å²) in [7, 11) is 3.95. The molecule has 6 nitrogen and oxygen atoms in total. The van der Waals surface area contributed by atoms with Crippen molar-refractivity contribution >= 4 is 17.4 Å². The van der Waals surface area contributed by atoms with Crippen molar-refractivity contribution in [1.82, 2.24) is 19.3 Å². The van der Waals surface area contributed by atoms with Gasteiger partial charge in [0.15, 0.2) is 0 Å². The van der Waals surface area contributed by atoms with Gasteiger partial charge in [0.25, 0.3) is 5.91 Å². The lowest BCUT2D eigenvalue weighted by Crippen LogP contribution is -2.31. The SMILES string of the molecule is Cc1cccc2nc(C(=O)N3CCC[C@H]3c3ccnc(N(C)C)c3)cn12. The molecule has 0 N–H and O–H groups in total. The van der Waals surface area contributed by atoms with Crippen LogP contribution in [0, 0.1) is 6.92 Å². The number of imidazole rings is 1. The topological polar surface area (TPSA) is 53.7 Å². The van der Waals surface area contributed by atoms with Gasteiger partial charge in [-0.3, -0.25) is 4.79 Å². The van der Waals surface area contributed by atoms with Crippen LogP contribution in [0.2, 0.25) is 0 Å². The third-order valence-electron chi connectivity index (χ3n) is 5.04. The summed E-state index contributed by atoms with van der Waals surface area (Å²) in [5.74, 6) is 0.906. The molecule has 4 heterocycles. The first-order valence-electron chi connectivity index (χ1n) is 8.93. The van der Waals surface area contributed by atoms with E-state index in [1.165, 1.54) is 0 Å². The number of amides is 1. The molecule has 1 saturated heterocycles. The van der Waals surface area contributed by atoms with Gasteiger partial charge in [0.2, 0.25) is 0 Å². The Kier molecular flexibility index (Phi) is 4.11. The standard InChI is InChI=1S/C20H23N5O/c1-14-6-4-8-18-22-16(13-25(14)18)20(26)24-11-5-7-17(24)15-9-10-21-19(12-15)23(2)3/h4,6,8-10,12-13,17H,5,7,11H2,1-3H3/t17-/m0/s1. The molecule has 0 bridgehead atoms. The molecule has 1 atom stereocenters. The summed E-state index contributed by atoms with van der Waals surface area (Å²) in [5.41, 5.74) is 3.52. The predicted octanol–water partition coefficient (Wildman–Crippen LogP) is 3.08. The van der Waals surface area contributed by atoms with Gasteiger partial charge < -0.3 is 14.2 Å². The fraction of sp³-hybridized carbons (Fsp3) is 0.350. The zero-order valence-electron chi connectivity index (χ0n) is 15.4. The molecule has 134 valence electrons. The van der Waals surface area contributed by atoms with Crippen LogP contribution in [0.4, 0.5) is 5.82 Å². The first kappa shape index (κ1) is 16.6. The number of likely N-dealkylation sites (tertiary alicyclic amines) is 1. The van der Waals surface area contributed by atoms with Gasteiger partial charge in [-0.1, -0.05) is 6.07 Å². The molecule has 0 aromatic carbocycles. The number of aryl methyl sites for hydroxylation is 1. The Labute approximate surface area is 153 Å². The van der Waals surface area contributed by atoms with E-state index in [-0.39, 0.29) is 11.9 Å². The molecule has 3 aromatic rings. The molecule has 1 aliphatic rings. The molecule has 0 unspecified atom stereocenters. The Hall–Kier alpha value is -2.89. The minimum absolute atomic E-state index is 0.00110. The Morgan fingerprint density at radius 3 is 2.88 bits per heavy atom. The van der Waals surface area contributed by atoms with E-state index in [9.17, 15) is 4.79 Å². The number of hydrogen-bond acceptors (Lipinski definition) is 4. The molecule has 0 saturated carbocycles. The van der Waals surface area contributed by atoms with E-state index in [4.69, 9.17) is 0 Å². The monoisotopic (exact) mass is 349 g/mol. The number of carbonyl (C=O) groups excluding carboxylic acids is 1. The Bertz CT molecular complexity index is 962. The summed E-state index contributed by atoms with van der Waals surface area (Å²) < 4.78 is 1.97. The lowest BCUT2D eigenvalue weighted by molar-refractivity contribution is 0.0730. The van der Waals surface area contributed by atoms with Crippen LogP contribution in [-0.2, 0) is 0 Å². The molecule has 6 heteroatoms. The van der Waals surface area contributed by atoms with Crippen molar-refractivity contribution in [3.05, 3.63) is 59.7 Å². The maximum Gasteiger partial charge on any atom is 0.274 e. The lowest BCUT2D eigenvalue weighted by Gasteiger charge is -2.25. The molecule has 3 aromatic heterocycles. The van der Waals surface area contributed by atoms with Crippen LogP contribution in [-0.4, -0.2) is 45.8 Å². The van der Waals surface area contributed by atoms with E-state index in [1.54, 1.807) is 0 Å². The minimum atomic E-state index is -0.00110. The van der Waals surface area contributed by atoms with Crippen LogP contribution in [0.3, 0.4) is 0 Å². The Balaban J connectivity index is 1.66. The first-order chi connectivity index (χ1) is 12.5. The molecule has 1 aliphatic heterocycles. The minimum Gasteiger partial charge on any atom is -0.363 e. The third-order valence-corrected chi connectivity index (χ3v) is 5.04. The normalized spacial score (nSPS) is 17.0. The summed E-state index contributed by atoms with van der Waals surface area (Å²) in [5, 5.41) is 0. The van der Waals surface area contributed by atoms with E-state index < -0.39 is 0 Å². The van der Waals surface area contributed by atoms with Crippen LogP contribution in [0.1, 0.15) is 40.6 Å². The lowest BCUT2D eigenvalue weighted by atomic mass is 10.1. The maximum atomic E-state index is 13.2. The zero-order chi connectivity index (χ0) is 18.3. The summed E-state index contributed by atoms with van der Waals surface area (Å²) >= 11 is 0. The summed E-state index contributed by atoms with van der Waals surface area (Å²) in [4.78, 5) is 26.0. The van der Waals surface area contributed by atoms with Crippen molar-refractivity contribution < 1.29 is 4.79 Å². The van der Waals surface area contributed by atoms with E-state index in [0.29, 0.717) is 5.69 Å². The molecule has 4 rings (SSSR count). The van der Waals surface area contributed by atoms with Crippen molar-refractivity contribution in [2.24, 2.45) is 0 Å². The summed E-state index contributed by atoms with van der Waals surface area (Å²) in [6, 6.07) is 10.1. The first-order valence-corrected chi connectivity index (χ1v) is 8.93. The van der Waals surface area contributed by atoms with E-state index in [2.05, 4.69) is 16.0 Å². The highest BCUT2D eigenvalue weighted by Crippen LogP contribution is 2.34. The summed E-state index contributed by atoms with van der Waals surface area (Å²) in [6.45, 7) is 2.78. The van der Waals surface area contributed by atoms with E-state index in [0.717, 1.165) is 42.1 Å². The molecule has 26 heavy (non-hydrogen) atoms. The fourth-order valence-corrected chi connectivity index (χ4v) is 3.64. The van der Waals surface area contributed by atoms with Crippen molar-refractivity contribution in [2.75, 3.05) is 25.5 Å². The van der Waals surface area contributed by atoms with Crippen molar-refractivity contribution in [3.63, 3.8) is 0 Å². The number of pyridine rings is 2.